The van der Waals surface area contributed by atoms with Crippen LogP contribution in [0.4, 0.5) is 0 Å². The summed E-state index contributed by atoms with van der Waals surface area (Å²) < 4.78 is 5.95. The Morgan fingerprint density at radius 2 is 2.05 bits per heavy atom. The number of ether oxygens (including phenoxy) is 1. The van der Waals surface area contributed by atoms with E-state index in [-0.39, 0.29) is 5.54 Å². The standard InChI is InChI=1S/C15H31N3O/c1-13(2)14-11-15(12-16,5-10-19-14)18-7-4-6-17(3)8-9-18/h13-14H,4-12,16H2,1-3H3. The van der Waals surface area contributed by atoms with Crippen molar-refractivity contribution in [2.75, 3.05) is 46.4 Å². The van der Waals surface area contributed by atoms with Crippen molar-refractivity contribution in [2.24, 2.45) is 11.7 Å². The highest BCUT2D eigenvalue weighted by Gasteiger charge is 2.41. The summed E-state index contributed by atoms with van der Waals surface area (Å²) in [5.74, 6) is 0.584. The Morgan fingerprint density at radius 3 is 2.74 bits per heavy atom. The maximum Gasteiger partial charge on any atom is 0.0616 e. The summed E-state index contributed by atoms with van der Waals surface area (Å²) in [5, 5.41) is 0. The molecule has 0 aromatic heterocycles. The summed E-state index contributed by atoms with van der Waals surface area (Å²) in [6, 6.07) is 0. The van der Waals surface area contributed by atoms with Crippen molar-refractivity contribution in [3.05, 3.63) is 0 Å². The first-order chi connectivity index (χ1) is 9.07. The Balaban J connectivity index is 2.07. The molecule has 2 N–H and O–H groups in total. The Morgan fingerprint density at radius 1 is 1.26 bits per heavy atom. The van der Waals surface area contributed by atoms with E-state index in [0.717, 1.165) is 39.1 Å². The lowest BCUT2D eigenvalue weighted by atomic mass is 9.81. The van der Waals surface area contributed by atoms with Gasteiger partial charge in [-0.2, -0.15) is 0 Å². The maximum absolute atomic E-state index is 6.21. The van der Waals surface area contributed by atoms with E-state index in [1.165, 1.54) is 19.5 Å². The van der Waals surface area contributed by atoms with E-state index in [0.29, 0.717) is 12.0 Å². The molecule has 0 spiro atoms. The Kier molecular flexibility index (Phi) is 5.23. The van der Waals surface area contributed by atoms with Crippen LogP contribution in [0.25, 0.3) is 0 Å². The Labute approximate surface area is 118 Å². The Hall–Kier alpha value is -0.160. The van der Waals surface area contributed by atoms with Crippen molar-refractivity contribution >= 4 is 0 Å². The van der Waals surface area contributed by atoms with Crippen LogP contribution in [-0.2, 0) is 4.74 Å². The zero-order valence-electron chi connectivity index (χ0n) is 12.9. The SMILES string of the molecule is CC(C)C1CC(CN)(N2CCCN(C)CC2)CCO1. The quantitative estimate of drug-likeness (QED) is 0.835. The van der Waals surface area contributed by atoms with Gasteiger partial charge in [0.1, 0.15) is 0 Å². The smallest absolute Gasteiger partial charge is 0.0616 e. The largest absolute Gasteiger partial charge is 0.378 e. The van der Waals surface area contributed by atoms with Crippen LogP contribution in [0.15, 0.2) is 0 Å². The molecule has 19 heavy (non-hydrogen) atoms. The van der Waals surface area contributed by atoms with E-state index >= 15 is 0 Å². The van der Waals surface area contributed by atoms with Crippen molar-refractivity contribution in [3.8, 4) is 0 Å². The van der Waals surface area contributed by atoms with Crippen LogP contribution in [0.2, 0.25) is 0 Å². The third-order valence-corrected chi connectivity index (χ3v) is 4.99. The second-order valence-electron chi connectivity index (χ2n) is 6.68. The second-order valence-corrected chi connectivity index (χ2v) is 6.68. The fourth-order valence-electron chi connectivity index (χ4n) is 3.49. The summed E-state index contributed by atoms with van der Waals surface area (Å²) in [6.07, 6.45) is 3.82. The van der Waals surface area contributed by atoms with E-state index in [9.17, 15) is 0 Å². The van der Waals surface area contributed by atoms with Crippen LogP contribution in [-0.4, -0.2) is 67.8 Å². The summed E-state index contributed by atoms with van der Waals surface area (Å²) in [6.45, 7) is 10.9. The molecule has 4 heteroatoms. The topological polar surface area (TPSA) is 41.7 Å². The van der Waals surface area contributed by atoms with Crippen LogP contribution in [0.5, 0.6) is 0 Å². The van der Waals surface area contributed by atoms with Crippen molar-refractivity contribution in [1.29, 1.82) is 0 Å². The molecule has 0 saturated carbocycles. The fourth-order valence-corrected chi connectivity index (χ4v) is 3.49. The van der Waals surface area contributed by atoms with Crippen molar-refractivity contribution < 1.29 is 4.74 Å². The molecule has 2 heterocycles. The molecule has 0 aliphatic carbocycles. The second kappa shape index (κ2) is 6.53. The summed E-state index contributed by atoms with van der Waals surface area (Å²) in [5.41, 5.74) is 6.39. The molecule has 2 saturated heterocycles. The first-order valence-electron chi connectivity index (χ1n) is 7.83. The first-order valence-corrected chi connectivity index (χ1v) is 7.83. The highest BCUT2D eigenvalue weighted by atomic mass is 16.5. The minimum Gasteiger partial charge on any atom is -0.378 e. The molecule has 0 amide bonds. The summed E-state index contributed by atoms with van der Waals surface area (Å²) >= 11 is 0. The number of hydrogen-bond donors (Lipinski definition) is 1. The molecular weight excluding hydrogens is 238 g/mol. The summed E-state index contributed by atoms with van der Waals surface area (Å²) in [4.78, 5) is 5.10. The van der Waals surface area contributed by atoms with Gasteiger partial charge in [0.25, 0.3) is 0 Å². The molecule has 0 aromatic rings. The lowest BCUT2D eigenvalue weighted by Gasteiger charge is -2.48. The van der Waals surface area contributed by atoms with Crippen LogP contribution < -0.4 is 5.73 Å². The number of likely N-dealkylation sites (N-methyl/N-ethyl adjacent to an activating group) is 1. The predicted octanol–water partition coefficient (Wildman–Crippen LogP) is 1.16. The molecule has 0 radical (unpaired) electrons. The van der Waals surface area contributed by atoms with Gasteiger partial charge in [-0.1, -0.05) is 13.8 Å². The van der Waals surface area contributed by atoms with Gasteiger partial charge in [0.05, 0.1) is 6.10 Å². The van der Waals surface area contributed by atoms with Crippen molar-refractivity contribution in [2.45, 2.75) is 44.8 Å². The lowest BCUT2D eigenvalue weighted by Crippen LogP contribution is -2.59. The predicted molar refractivity (Wildman–Crippen MR) is 79.3 cm³/mol. The van der Waals surface area contributed by atoms with E-state index in [1.54, 1.807) is 0 Å². The van der Waals surface area contributed by atoms with E-state index in [4.69, 9.17) is 10.5 Å². The number of nitrogens with zero attached hydrogens (tertiary/aromatic N) is 2. The first kappa shape index (κ1) is 15.2. The average molecular weight is 269 g/mol. The van der Waals surface area contributed by atoms with Crippen molar-refractivity contribution in [1.82, 2.24) is 9.80 Å². The maximum atomic E-state index is 6.21. The van der Waals surface area contributed by atoms with Crippen molar-refractivity contribution in [3.63, 3.8) is 0 Å². The monoisotopic (exact) mass is 269 g/mol. The lowest BCUT2D eigenvalue weighted by molar-refractivity contribution is -0.0865. The van der Waals surface area contributed by atoms with Crippen LogP contribution in [0.1, 0.15) is 33.1 Å². The molecule has 2 atom stereocenters. The van der Waals surface area contributed by atoms with Gasteiger partial charge in [0.15, 0.2) is 0 Å². The minimum absolute atomic E-state index is 0.179. The third-order valence-electron chi connectivity index (χ3n) is 4.99. The third kappa shape index (κ3) is 3.48. The van der Waals surface area contributed by atoms with Gasteiger partial charge in [0.2, 0.25) is 0 Å². The van der Waals surface area contributed by atoms with Gasteiger partial charge >= 0.3 is 0 Å². The van der Waals surface area contributed by atoms with Gasteiger partial charge in [-0.15, -0.1) is 0 Å². The molecule has 2 rings (SSSR count). The molecule has 112 valence electrons. The Bertz CT molecular complexity index is 285. The van der Waals surface area contributed by atoms with Crippen LogP contribution in [0, 0.1) is 5.92 Å². The normalized spacial score (nSPS) is 35.5. The molecule has 4 nitrogen and oxygen atoms in total. The van der Waals surface area contributed by atoms with Crippen LogP contribution in [0.3, 0.4) is 0 Å². The molecule has 0 aromatic carbocycles. The zero-order valence-corrected chi connectivity index (χ0v) is 12.9. The molecular formula is C15H31N3O. The van der Waals surface area contributed by atoms with E-state index < -0.39 is 0 Å². The highest BCUT2D eigenvalue weighted by Crippen LogP contribution is 2.33. The highest BCUT2D eigenvalue weighted by molar-refractivity contribution is 4.97. The van der Waals surface area contributed by atoms with Gasteiger partial charge in [-0.25, -0.2) is 0 Å². The number of hydrogen-bond acceptors (Lipinski definition) is 4. The fraction of sp³-hybridized carbons (Fsp3) is 1.00. The van der Waals surface area contributed by atoms with Gasteiger partial charge < -0.3 is 15.4 Å². The minimum atomic E-state index is 0.179. The van der Waals surface area contributed by atoms with Crippen LogP contribution >= 0.6 is 0 Å². The zero-order chi connectivity index (χ0) is 13.9. The average Bonchev–Trinajstić information content (AvgIpc) is 2.64. The molecule has 2 fully saturated rings. The molecule has 2 aliphatic heterocycles. The van der Waals surface area contributed by atoms with Gasteiger partial charge in [0, 0.05) is 38.3 Å². The summed E-state index contributed by atoms with van der Waals surface area (Å²) in [7, 11) is 2.22. The molecule has 0 bridgehead atoms. The van der Waals surface area contributed by atoms with E-state index in [1.807, 2.05) is 0 Å². The van der Waals surface area contributed by atoms with Gasteiger partial charge in [-0.3, -0.25) is 4.90 Å². The molecule has 2 aliphatic rings. The van der Waals surface area contributed by atoms with Gasteiger partial charge in [-0.05, 0) is 38.8 Å². The number of nitrogens with two attached hydrogens (primary N) is 1. The number of rotatable bonds is 3. The van der Waals surface area contributed by atoms with E-state index in [2.05, 4.69) is 30.7 Å². The molecule has 2 unspecified atom stereocenters.